The molecular weight excluding hydrogens is 180 g/mol. The SMILES string of the molecule is CCC[Si](CC)(OC)OC(C)CC. The summed E-state index contributed by atoms with van der Waals surface area (Å²) in [6, 6.07) is 2.17. The van der Waals surface area contributed by atoms with E-state index in [1.165, 1.54) is 0 Å². The highest BCUT2D eigenvalue weighted by molar-refractivity contribution is 6.67. The van der Waals surface area contributed by atoms with Crippen molar-refractivity contribution in [3.8, 4) is 0 Å². The van der Waals surface area contributed by atoms with E-state index in [0.29, 0.717) is 6.10 Å². The fraction of sp³-hybridized carbons (Fsp3) is 1.00. The molecule has 0 saturated carbocycles. The molecule has 2 nitrogen and oxygen atoms in total. The maximum Gasteiger partial charge on any atom is 0.337 e. The molecule has 0 fully saturated rings. The van der Waals surface area contributed by atoms with Gasteiger partial charge in [-0.25, -0.2) is 0 Å². The largest absolute Gasteiger partial charge is 0.398 e. The van der Waals surface area contributed by atoms with Crippen LogP contribution in [-0.2, 0) is 8.85 Å². The predicted octanol–water partition coefficient (Wildman–Crippen LogP) is 3.32. The minimum Gasteiger partial charge on any atom is -0.398 e. The van der Waals surface area contributed by atoms with E-state index in [1.54, 1.807) is 7.11 Å². The monoisotopic (exact) mass is 204 g/mol. The second kappa shape index (κ2) is 6.57. The molecule has 0 rings (SSSR count). The molecule has 0 aliphatic carbocycles. The quantitative estimate of drug-likeness (QED) is 0.592. The van der Waals surface area contributed by atoms with E-state index in [2.05, 4.69) is 27.7 Å². The molecule has 0 amide bonds. The van der Waals surface area contributed by atoms with Gasteiger partial charge in [0.15, 0.2) is 0 Å². The van der Waals surface area contributed by atoms with Gasteiger partial charge in [-0.2, -0.15) is 0 Å². The van der Waals surface area contributed by atoms with Crippen molar-refractivity contribution in [3.63, 3.8) is 0 Å². The summed E-state index contributed by atoms with van der Waals surface area (Å²) < 4.78 is 11.7. The maximum absolute atomic E-state index is 6.04. The molecule has 80 valence electrons. The third-order valence-electron chi connectivity index (χ3n) is 2.53. The zero-order valence-corrected chi connectivity index (χ0v) is 10.7. The molecule has 0 spiro atoms. The Morgan fingerprint density at radius 1 is 1.23 bits per heavy atom. The van der Waals surface area contributed by atoms with Crippen LogP contribution in [0.25, 0.3) is 0 Å². The van der Waals surface area contributed by atoms with Crippen LogP contribution in [0.4, 0.5) is 0 Å². The molecule has 0 bridgehead atoms. The van der Waals surface area contributed by atoms with Gasteiger partial charge in [-0.15, -0.1) is 0 Å². The molecule has 2 atom stereocenters. The zero-order valence-electron chi connectivity index (χ0n) is 9.72. The lowest BCUT2D eigenvalue weighted by Crippen LogP contribution is -2.42. The second-order valence-corrected chi connectivity index (χ2v) is 7.23. The summed E-state index contributed by atoms with van der Waals surface area (Å²) in [5.74, 6) is 0. The van der Waals surface area contributed by atoms with Crippen LogP contribution in [0, 0.1) is 0 Å². The van der Waals surface area contributed by atoms with Gasteiger partial charge in [-0.1, -0.05) is 27.2 Å². The lowest BCUT2D eigenvalue weighted by Gasteiger charge is -2.30. The summed E-state index contributed by atoms with van der Waals surface area (Å²) in [6.45, 7) is 8.65. The Morgan fingerprint density at radius 2 is 1.85 bits per heavy atom. The van der Waals surface area contributed by atoms with Crippen LogP contribution < -0.4 is 0 Å². The molecule has 0 aromatic carbocycles. The van der Waals surface area contributed by atoms with Gasteiger partial charge in [0, 0.05) is 13.2 Å². The molecular formula is C10H24O2Si. The van der Waals surface area contributed by atoms with Gasteiger partial charge in [0.05, 0.1) is 0 Å². The van der Waals surface area contributed by atoms with Gasteiger partial charge in [0.2, 0.25) is 0 Å². The minimum absolute atomic E-state index is 0.345. The lowest BCUT2D eigenvalue weighted by atomic mass is 10.3. The van der Waals surface area contributed by atoms with Crippen molar-refractivity contribution in [2.75, 3.05) is 7.11 Å². The smallest absolute Gasteiger partial charge is 0.337 e. The highest BCUT2D eigenvalue weighted by Gasteiger charge is 2.34. The van der Waals surface area contributed by atoms with Gasteiger partial charge >= 0.3 is 8.56 Å². The van der Waals surface area contributed by atoms with Crippen molar-refractivity contribution in [1.29, 1.82) is 0 Å². The van der Waals surface area contributed by atoms with Gasteiger partial charge < -0.3 is 8.85 Å². The van der Waals surface area contributed by atoms with E-state index in [4.69, 9.17) is 8.85 Å². The summed E-state index contributed by atoms with van der Waals surface area (Å²) in [5, 5.41) is 0. The van der Waals surface area contributed by atoms with Crippen molar-refractivity contribution in [3.05, 3.63) is 0 Å². The molecule has 3 heteroatoms. The molecule has 0 N–H and O–H groups in total. The Kier molecular flexibility index (Phi) is 6.64. The number of hydrogen-bond donors (Lipinski definition) is 0. The van der Waals surface area contributed by atoms with Crippen LogP contribution >= 0.6 is 0 Å². The third kappa shape index (κ3) is 4.25. The highest BCUT2D eigenvalue weighted by atomic mass is 28.4. The molecule has 0 radical (unpaired) electrons. The van der Waals surface area contributed by atoms with Gasteiger partial charge in [0.1, 0.15) is 0 Å². The van der Waals surface area contributed by atoms with Crippen LogP contribution in [0.5, 0.6) is 0 Å². The van der Waals surface area contributed by atoms with E-state index < -0.39 is 8.56 Å². The summed E-state index contributed by atoms with van der Waals surface area (Å²) in [7, 11) is -0.0281. The Morgan fingerprint density at radius 3 is 2.15 bits per heavy atom. The standard InChI is InChI=1S/C10H24O2Si/c1-6-9-13(8-3,11-5)12-10(4)7-2/h10H,6-9H2,1-5H3. The Hall–Kier alpha value is 0.137. The van der Waals surface area contributed by atoms with E-state index in [0.717, 1.165) is 24.9 Å². The van der Waals surface area contributed by atoms with Crippen molar-refractivity contribution >= 4 is 8.56 Å². The average molecular weight is 204 g/mol. The normalized spacial score (nSPS) is 18.2. The Balaban J connectivity index is 4.19. The van der Waals surface area contributed by atoms with Gasteiger partial charge in [0.25, 0.3) is 0 Å². The lowest BCUT2D eigenvalue weighted by molar-refractivity contribution is 0.138. The zero-order chi connectivity index (χ0) is 10.3. The van der Waals surface area contributed by atoms with Gasteiger partial charge in [-0.05, 0) is 25.4 Å². The highest BCUT2D eigenvalue weighted by Crippen LogP contribution is 2.22. The van der Waals surface area contributed by atoms with E-state index >= 15 is 0 Å². The van der Waals surface area contributed by atoms with E-state index in [9.17, 15) is 0 Å². The van der Waals surface area contributed by atoms with Crippen LogP contribution in [0.1, 0.15) is 40.5 Å². The van der Waals surface area contributed by atoms with Crippen molar-refractivity contribution in [1.82, 2.24) is 0 Å². The molecule has 0 aromatic rings. The first-order chi connectivity index (χ1) is 6.14. The molecule has 0 heterocycles. The summed E-state index contributed by atoms with van der Waals surface area (Å²) in [5.41, 5.74) is 0. The van der Waals surface area contributed by atoms with Crippen LogP contribution in [0.2, 0.25) is 12.1 Å². The van der Waals surface area contributed by atoms with E-state index in [1.807, 2.05) is 0 Å². The summed E-state index contributed by atoms with van der Waals surface area (Å²) in [4.78, 5) is 0. The molecule has 0 saturated heterocycles. The predicted molar refractivity (Wildman–Crippen MR) is 59.2 cm³/mol. The molecule has 13 heavy (non-hydrogen) atoms. The maximum atomic E-state index is 6.04. The Bertz CT molecular complexity index is 124. The topological polar surface area (TPSA) is 18.5 Å². The van der Waals surface area contributed by atoms with Crippen LogP contribution in [0.15, 0.2) is 0 Å². The molecule has 0 aliphatic rings. The molecule has 0 aliphatic heterocycles. The van der Waals surface area contributed by atoms with Gasteiger partial charge in [-0.3, -0.25) is 0 Å². The molecule has 0 aromatic heterocycles. The van der Waals surface area contributed by atoms with Crippen molar-refractivity contribution in [2.24, 2.45) is 0 Å². The average Bonchev–Trinajstić information content (AvgIpc) is 2.17. The molecule has 2 unspecified atom stereocenters. The van der Waals surface area contributed by atoms with Crippen LogP contribution in [-0.4, -0.2) is 21.8 Å². The summed E-state index contributed by atoms with van der Waals surface area (Å²) >= 11 is 0. The Labute approximate surface area is 83.9 Å². The minimum atomic E-state index is -1.83. The fourth-order valence-electron chi connectivity index (χ4n) is 1.44. The number of hydrogen-bond acceptors (Lipinski definition) is 2. The fourth-order valence-corrected chi connectivity index (χ4v) is 4.33. The van der Waals surface area contributed by atoms with Crippen molar-refractivity contribution in [2.45, 2.75) is 58.7 Å². The van der Waals surface area contributed by atoms with E-state index in [-0.39, 0.29) is 0 Å². The summed E-state index contributed by atoms with van der Waals surface area (Å²) in [6.07, 6.45) is 2.57. The van der Waals surface area contributed by atoms with Crippen LogP contribution in [0.3, 0.4) is 0 Å². The number of rotatable bonds is 7. The first kappa shape index (κ1) is 13.1. The first-order valence-electron chi connectivity index (χ1n) is 5.37. The second-order valence-electron chi connectivity index (χ2n) is 3.56. The third-order valence-corrected chi connectivity index (χ3v) is 6.45. The first-order valence-corrected chi connectivity index (χ1v) is 7.60. The van der Waals surface area contributed by atoms with Crippen molar-refractivity contribution < 1.29 is 8.85 Å².